The van der Waals surface area contributed by atoms with Crippen molar-refractivity contribution < 1.29 is 23.5 Å². The van der Waals surface area contributed by atoms with Crippen LogP contribution in [-0.2, 0) is 27.2 Å². The highest BCUT2D eigenvalue weighted by Gasteiger charge is 2.27. The van der Waals surface area contributed by atoms with Crippen LogP contribution in [0.1, 0.15) is 30.9 Å². The van der Waals surface area contributed by atoms with Gasteiger partial charge in [0.05, 0.1) is 13.7 Å². The molecule has 1 aliphatic heterocycles. The van der Waals surface area contributed by atoms with Crippen LogP contribution in [-0.4, -0.2) is 67.6 Å². The van der Waals surface area contributed by atoms with E-state index in [0.29, 0.717) is 37.5 Å². The summed E-state index contributed by atoms with van der Waals surface area (Å²) >= 11 is 0. The van der Waals surface area contributed by atoms with Crippen LogP contribution in [0.4, 0.5) is 0 Å². The van der Waals surface area contributed by atoms with Gasteiger partial charge in [-0.2, -0.15) is 0 Å². The Morgan fingerprint density at radius 1 is 1.10 bits per heavy atom. The lowest BCUT2D eigenvalue weighted by Crippen LogP contribution is -2.52. The Balaban J connectivity index is 1.41. The normalized spacial score (nSPS) is 17.8. The van der Waals surface area contributed by atoms with Gasteiger partial charge in [0.25, 0.3) is 5.91 Å². The minimum atomic E-state index is -0.672. The minimum absolute atomic E-state index is 0.107. The first-order valence-corrected chi connectivity index (χ1v) is 10.8. The van der Waals surface area contributed by atoms with Gasteiger partial charge in [-0.15, -0.1) is 0 Å². The lowest BCUT2D eigenvalue weighted by Gasteiger charge is -2.35. The molecule has 31 heavy (non-hydrogen) atoms. The maximum absolute atomic E-state index is 12.8. The number of piperazine rings is 1. The van der Waals surface area contributed by atoms with Crippen LogP contribution >= 0.6 is 0 Å². The number of carbonyl (C=O) groups is 2. The first kappa shape index (κ1) is 21.4. The highest BCUT2D eigenvalue weighted by atomic mass is 16.5. The number of rotatable bonds is 5. The van der Waals surface area contributed by atoms with Crippen molar-refractivity contribution in [3.8, 4) is 5.75 Å². The molecule has 0 spiro atoms. The van der Waals surface area contributed by atoms with Crippen LogP contribution in [0.5, 0.6) is 5.75 Å². The van der Waals surface area contributed by atoms with E-state index in [4.69, 9.17) is 13.9 Å². The van der Waals surface area contributed by atoms with Gasteiger partial charge in [0.2, 0.25) is 0 Å². The third-order valence-electron chi connectivity index (χ3n) is 6.12. The third-order valence-corrected chi connectivity index (χ3v) is 6.12. The molecule has 1 fully saturated rings. The summed E-state index contributed by atoms with van der Waals surface area (Å²) in [6, 6.07) is 5.44. The highest BCUT2D eigenvalue weighted by Crippen LogP contribution is 2.29. The number of fused-ring (bicyclic) bond motifs is 3. The van der Waals surface area contributed by atoms with Gasteiger partial charge in [-0.05, 0) is 50.3 Å². The molecular weight excluding hydrogens is 400 g/mol. The smallest absolute Gasteiger partial charge is 0.339 e. The summed E-state index contributed by atoms with van der Waals surface area (Å²) in [4.78, 5) is 40.3. The Morgan fingerprint density at radius 3 is 2.52 bits per heavy atom. The van der Waals surface area contributed by atoms with Crippen molar-refractivity contribution in [2.45, 2.75) is 38.7 Å². The van der Waals surface area contributed by atoms with Gasteiger partial charge in [-0.25, -0.2) is 4.79 Å². The largest absolute Gasteiger partial charge is 0.481 e. The second-order valence-electron chi connectivity index (χ2n) is 8.15. The number of aryl methyl sites for hydroxylation is 1. The Bertz CT molecular complexity index is 1040. The van der Waals surface area contributed by atoms with E-state index in [1.165, 1.54) is 7.11 Å². The number of nitrogens with zero attached hydrogens (tertiary/aromatic N) is 2. The molecule has 0 radical (unpaired) electrons. The number of amides is 1. The fourth-order valence-electron chi connectivity index (χ4n) is 4.38. The van der Waals surface area contributed by atoms with E-state index < -0.39 is 6.10 Å². The molecule has 1 amide bonds. The molecule has 1 aliphatic carbocycles. The van der Waals surface area contributed by atoms with Crippen molar-refractivity contribution in [3.63, 3.8) is 0 Å². The number of benzene rings is 1. The van der Waals surface area contributed by atoms with E-state index in [-0.39, 0.29) is 24.0 Å². The van der Waals surface area contributed by atoms with Gasteiger partial charge in [0, 0.05) is 43.2 Å². The molecule has 1 aromatic carbocycles. The number of hydrogen-bond acceptors (Lipinski definition) is 7. The molecule has 1 unspecified atom stereocenters. The molecule has 1 atom stereocenters. The van der Waals surface area contributed by atoms with Gasteiger partial charge in [-0.3, -0.25) is 14.5 Å². The van der Waals surface area contributed by atoms with Crippen LogP contribution in [0.15, 0.2) is 27.4 Å². The Labute approximate surface area is 180 Å². The zero-order valence-electron chi connectivity index (χ0n) is 18.0. The van der Waals surface area contributed by atoms with E-state index >= 15 is 0 Å². The van der Waals surface area contributed by atoms with Crippen LogP contribution in [0, 0.1) is 0 Å². The second kappa shape index (κ2) is 9.09. The maximum Gasteiger partial charge on any atom is 0.339 e. The molecule has 2 heterocycles. The predicted molar refractivity (Wildman–Crippen MR) is 114 cm³/mol. The molecule has 2 aromatic rings. The van der Waals surface area contributed by atoms with Crippen molar-refractivity contribution in [1.82, 2.24) is 9.80 Å². The molecule has 8 nitrogen and oxygen atoms in total. The summed E-state index contributed by atoms with van der Waals surface area (Å²) in [5.74, 6) is 0.113. The van der Waals surface area contributed by atoms with E-state index in [9.17, 15) is 14.4 Å². The summed E-state index contributed by atoms with van der Waals surface area (Å²) in [6.45, 7) is 4.23. The van der Waals surface area contributed by atoms with Crippen molar-refractivity contribution in [2.24, 2.45) is 0 Å². The van der Waals surface area contributed by atoms with Crippen molar-refractivity contribution in [1.29, 1.82) is 0 Å². The average Bonchev–Trinajstić information content (AvgIpc) is 2.79. The van der Waals surface area contributed by atoms with Crippen molar-refractivity contribution in [2.75, 3.05) is 39.8 Å². The van der Waals surface area contributed by atoms with Gasteiger partial charge in [0.15, 0.2) is 6.10 Å². The van der Waals surface area contributed by atoms with Gasteiger partial charge < -0.3 is 18.8 Å². The van der Waals surface area contributed by atoms with Gasteiger partial charge in [-0.1, -0.05) is 0 Å². The van der Waals surface area contributed by atoms with Crippen molar-refractivity contribution in [3.05, 3.63) is 39.7 Å². The molecule has 1 saturated heterocycles. The molecular formula is C23H28N2O6. The maximum atomic E-state index is 12.8. The molecule has 166 valence electrons. The Morgan fingerprint density at radius 2 is 1.81 bits per heavy atom. The summed E-state index contributed by atoms with van der Waals surface area (Å²) in [5.41, 5.74) is 2.10. The number of esters is 1. The first-order valence-electron chi connectivity index (χ1n) is 10.8. The molecule has 1 aromatic heterocycles. The Hall–Kier alpha value is -2.87. The lowest BCUT2D eigenvalue weighted by molar-refractivity contribution is -0.143. The summed E-state index contributed by atoms with van der Waals surface area (Å²) < 4.78 is 16.1. The van der Waals surface area contributed by atoms with Crippen LogP contribution in [0.25, 0.3) is 11.0 Å². The molecule has 0 N–H and O–H groups in total. The number of hydrogen-bond donors (Lipinski definition) is 0. The molecule has 2 aliphatic rings. The quantitative estimate of drug-likeness (QED) is 0.530. The monoisotopic (exact) mass is 428 g/mol. The fourth-order valence-corrected chi connectivity index (χ4v) is 4.38. The number of methoxy groups -OCH3 is 1. The van der Waals surface area contributed by atoms with E-state index in [1.807, 2.05) is 17.0 Å². The number of ether oxygens (including phenoxy) is 2. The van der Waals surface area contributed by atoms with E-state index in [1.54, 1.807) is 17.9 Å². The van der Waals surface area contributed by atoms with E-state index in [0.717, 1.165) is 42.2 Å². The lowest BCUT2D eigenvalue weighted by atomic mass is 9.91. The van der Waals surface area contributed by atoms with Gasteiger partial charge in [0.1, 0.15) is 11.3 Å². The SMILES string of the molecule is COC(=O)CN1CCN(C(=O)C(C)Oc2ccc3c4c(c(=O)oc3c2)CCCC4)CC1. The van der Waals surface area contributed by atoms with Crippen LogP contribution in [0.3, 0.4) is 0 Å². The van der Waals surface area contributed by atoms with Crippen LogP contribution < -0.4 is 10.4 Å². The molecule has 8 heteroatoms. The molecule has 0 bridgehead atoms. The Kier molecular flexibility index (Phi) is 6.27. The van der Waals surface area contributed by atoms with E-state index in [2.05, 4.69) is 0 Å². The molecule has 0 saturated carbocycles. The standard InChI is InChI=1S/C23H28N2O6/c1-15(22(27)25-11-9-24(10-12-25)14-21(26)29-2)30-16-7-8-18-17-5-3-4-6-19(17)23(28)31-20(18)13-16/h7-8,13,15H,3-6,9-12,14H2,1-2H3. The van der Waals surface area contributed by atoms with Gasteiger partial charge >= 0.3 is 11.6 Å². The zero-order valence-corrected chi connectivity index (χ0v) is 18.0. The summed E-state index contributed by atoms with van der Waals surface area (Å²) in [7, 11) is 1.37. The van der Waals surface area contributed by atoms with Crippen LogP contribution in [0.2, 0.25) is 0 Å². The second-order valence-corrected chi connectivity index (χ2v) is 8.15. The third kappa shape index (κ3) is 4.58. The predicted octanol–water partition coefficient (Wildman–Crippen LogP) is 1.76. The average molecular weight is 428 g/mol. The summed E-state index contributed by atoms with van der Waals surface area (Å²) in [5, 5.41) is 0.947. The molecule has 4 rings (SSSR count). The zero-order chi connectivity index (χ0) is 22.0. The minimum Gasteiger partial charge on any atom is -0.481 e. The number of carbonyl (C=O) groups excluding carboxylic acids is 2. The summed E-state index contributed by atoms with van der Waals surface area (Å²) in [6.07, 6.45) is 3.07. The topological polar surface area (TPSA) is 89.3 Å². The first-order chi connectivity index (χ1) is 15.0. The fraction of sp³-hybridized carbons (Fsp3) is 0.522. The van der Waals surface area contributed by atoms with Crippen molar-refractivity contribution >= 4 is 22.8 Å². The highest BCUT2D eigenvalue weighted by molar-refractivity contribution is 5.84.